The molecular formula is C57H45NO6. The fraction of sp³-hybridized carbons (Fsp3) is 0.0351. The molecule has 0 heterocycles. The first kappa shape index (κ1) is 43.5. The second-order valence-electron chi connectivity index (χ2n) is 14.5. The number of hydrogen-bond acceptors (Lipinski definition) is 7. The molecule has 0 aliphatic heterocycles. The smallest absolute Gasteiger partial charge is 0.335 e. The predicted octanol–water partition coefficient (Wildman–Crippen LogP) is 13.3. The van der Waals surface area contributed by atoms with Crippen LogP contribution in [0.1, 0.15) is 52.0 Å². The zero-order chi connectivity index (χ0) is 44.8. The summed E-state index contributed by atoms with van der Waals surface area (Å²) < 4.78 is 16.1. The first-order valence-electron chi connectivity index (χ1n) is 20.6. The van der Waals surface area contributed by atoms with E-state index in [1.165, 1.54) is 0 Å². The van der Waals surface area contributed by atoms with Crippen LogP contribution in [0.4, 0.5) is 17.1 Å². The van der Waals surface area contributed by atoms with Crippen molar-refractivity contribution < 1.29 is 28.6 Å². The Morgan fingerprint density at radius 3 is 1.14 bits per heavy atom. The Bertz CT molecular complexity index is 2650. The number of rotatable bonds is 16. The molecule has 0 radical (unpaired) electrons. The summed E-state index contributed by atoms with van der Waals surface area (Å²) in [5, 5.41) is 0. The topological polar surface area (TPSA) is 82.1 Å². The van der Waals surface area contributed by atoms with Crippen LogP contribution < -0.4 is 14.4 Å². The van der Waals surface area contributed by atoms with E-state index in [2.05, 4.69) is 110 Å². The van der Waals surface area contributed by atoms with Crippen molar-refractivity contribution in [2.45, 2.75) is 13.0 Å². The van der Waals surface area contributed by atoms with Gasteiger partial charge in [-0.15, -0.1) is 0 Å². The quantitative estimate of drug-likeness (QED) is 0.0415. The van der Waals surface area contributed by atoms with E-state index < -0.39 is 24.0 Å². The van der Waals surface area contributed by atoms with Gasteiger partial charge in [0.2, 0.25) is 0 Å². The van der Waals surface area contributed by atoms with E-state index in [9.17, 15) is 14.4 Å². The van der Waals surface area contributed by atoms with Gasteiger partial charge in [-0.05, 0) is 130 Å². The van der Waals surface area contributed by atoms with Gasteiger partial charge in [0.05, 0.1) is 0 Å². The van der Waals surface area contributed by atoms with Crippen molar-refractivity contribution in [3.8, 4) is 11.5 Å². The van der Waals surface area contributed by atoms with Crippen molar-refractivity contribution in [2.75, 3.05) is 4.90 Å². The highest BCUT2D eigenvalue weighted by molar-refractivity contribution is 5.93. The fourth-order valence-electron chi connectivity index (χ4n) is 7.03. The van der Waals surface area contributed by atoms with Crippen molar-refractivity contribution in [1.29, 1.82) is 0 Å². The van der Waals surface area contributed by atoms with Crippen LogP contribution in [-0.4, -0.2) is 17.9 Å². The molecule has 0 saturated carbocycles. The summed E-state index contributed by atoms with van der Waals surface area (Å²) in [6, 6.07) is 59.8. The Labute approximate surface area is 373 Å². The van der Waals surface area contributed by atoms with Gasteiger partial charge in [0.1, 0.15) is 17.6 Å². The summed E-state index contributed by atoms with van der Waals surface area (Å²) in [7, 11) is 0. The monoisotopic (exact) mass is 839 g/mol. The second kappa shape index (κ2) is 20.8. The average Bonchev–Trinajstić information content (AvgIpc) is 3.34. The van der Waals surface area contributed by atoms with Gasteiger partial charge in [-0.2, -0.15) is 0 Å². The third-order valence-electron chi connectivity index (χ3n) is 10.3. The third kappa shape index (κ3) is 11.0. The maximum Gasteiger partial charge on any atom is 0.335 e. The number of nitrogens with zero attached hydrogens (tertiary/aromatic N) is 1. The standard InChI is InChI=1S/C57H45NO6/c1-5-55(59)62-40(4)43-22-32-50(33-23-43)58(48-28-18-41(19-29-48)38-53(44-14-10-8-11-15-44)46-24-34-51(35-25-46)63-56(60)6-2)49-30-20-42(21-31-49)39-54(45-16-12-9-13-17-45)47-26-36-52(37-27-47)64-57(61)7-3/h5-40H,1-3H2,4H3. The van der Waals surface area contributed by atoms with Crippen LogP contribution in [0.15, 0.2) is 220 Å². The normalized spacial score (nSPS) is 11.7. The number of benzene rings is 7. The van der Waals surface area contributed by atoms with Gasteiger partial charge in [0, 0.05) is 35.3 Å². The Hall–Kier alpha value is -8.55. The molecule has 7 heteroatoms. The van der Waals surface area contributed by atoms with Crippen LogP contribution in [0.5, 0.6) is 11.5 Å². The van der Waals surface area contributed by atoms with E-state index in [1.54, 1.807) is 24.3 Å². The van der Waals surface area contributed by atoms with Crippen LogP contribution in [0.2, 0.25) is 0 Å². The molecule has 7 aromatic rings. The molecule has 0 aliphatic rings. The Morgan fingerprint density at radius 1 is 0.438 bits per heavy atom. The number of anilines is 3. The minimum atomic E-state index is -0.514. The molecule has 1 atom stereocenters. The van der Waals surface area contributed by atoms with Gasteiger partial charge in [0.25, 0.3) is 0 Å². The molecule has 314 valence electrons. The molecule has 7 rings (SSSR count). The number of carbonyl (C=O) groups excluding carboxylic acids is 3. The zero-order valence-corrected chi connectivity index (χ0v) is 35.3. The van der Waals surface area contributed by atoms with E-state index in [0.29, 0.717) is 11.5 Å². The van der Waals surface area contributed by atoms with E-state index in [0.717, 1.165) is 85.4 Å². The SMILES string of the molecule is C=CC(=O)Oc1ccc(C(=Cc2ccc(N(c3ccc(C=C(c4ccccc4)c4ccc(OC(=O)C=C)cc4)cc3)c3ccc(C(C)OC(=O)C=C)cc3)cc2)c2ccccc2)cc1. The first-order valence-corrected chi connectivity index (χ1v) is 20.6. The number of carbonyl (C=O) groups is 3. The molecule has 0 bridgehead atoms. The number of esters is 3. The van der Waals surface area contributed by atoms with E-state index >= 15 is 0 Å². The molecule has 0 spiro atoms. The fourth-order valence-corrected chi connectivity index (χ4v) is 7.03. The van der Waals surface area contributed by atoms with Crippen molar-refractivity contribution in [2.24, 2.45) is 0 Å². The predicted molar refractivity (Wildman–Crippen MR) is 257 cm³/mol. The van der Waals surface area contributed by atoms with Gasteiger partial charge in [-0.1, -0.05) is 141 Å². The van der Waals surface area contributed by atoms with Gasteiger partial charge < -0.3 is 19.1 Å². The summed E-state index contributed by atoms with van der Waals surface area (Å²) in [6.07, 6.45) is 7.26. The minimum Gasteiger partial charge on any atom is -0.455 e. The van der Waals surface area contributed by atoms with Crippen LogP contribution >= 0.6 is 0 Å². The lowest BCUT2D eigenvalue weighted by Gasteiger charge is -2.26. The van der Waals surface area contributed by atoms with Crippen LogP contribution in [0, 0.1) is 0 Å². The van der Waals surface area contributed by atoms with Crippen LogP contribution in [0.3, 0.4) is 0 Å². The van der Waals surface area contributed by atoms with E-state index in [4.69, 9.17) is 14.2 Å². The number of ether oxygens (including phenoxy) is 3. The van der Waals surface area contributed by atoms with Crippen molar-refractivity contribution in [3.63, 3.8) is 0 Å². The van der Waals surface area contributed by atoms with Crippen LogP contribution in [-0.2, 0) is 19.1 Å². The zero-order valence-electron chi connectivity index (χ0n) is 35.3. The molecule has 0 N–H and O–H groups in total. The second-order valence-corrected chi connectivity index (χ2v) is 14.5. The Kier molecular flexibility index (Phi) is 14.2. The highest BCUT2D eigenvalue weighted by atomic mass is 16.5. The summed E-state index contributed by atoms with van der Waals surface area (Å²) in [6.45, 7) is 12.3. The average molecular weight is 840 g/mol. The van der Waals surface area contributed by atoms with Crippen molar-refractivity contribution in [3.05, 3.63) is 259 Å². The lowest BCUT2D eigenvalue weighted by Crippen LogP contribution is -2.11. The molecule has 64 heavy (non-hydrogen) atoms. The minimum absolute atomic E-state index is 0.437. The molecular weight excluding hydrogens is 795 g/mol. The van der Waals surface area contributed by atoms with Crippen molar-refractivity contribution >= 4 is 58.3 Å². The molecule has 0 aromatic heterocycles. The van der Waals surface area contributed by atoms with Gasteiger partial charge in [0.15, 0.2) is 0 Å². The van der Waals surface area contributed by atoms with Gasteiger partial charge >= 0.3 is 17.9 Å². The maximum atomic E-state index is 12.0. The number of hydrogen-bond donors (Lipinski definition) is 0. The van der Waals surface area contributed by atoms with E-state index in [1.807, 2.05) is 91.9 Å². The Balaban J connectivity index is 1.24. The highest BCUT2D eigenvalue weighted by Gasteiger charge is 2.16. The molecule has 1 unspecified atom stereocenters. The van der Waals surface area contributed by atoms with Gasteiger partial charge in [-0.25, -0.2) is 14.4 Å². The molecule has 7 aromatic carbocycles. The van der Waals surface area contributed by atoms with Gasteiger partial charge in [-0.3, -0.25) is 0 Å². The molecule has 0 fully saturated rings. The van der Waals surface area contributed by atoms with E-state index in [-0.39, 0.29) is 0 Å². The largest absolute Gasteiger partial charge is 0.455 e. The molecule has 0 saturated heterocycles. The first-order chi connectivity index (χ1) is 31.2. The highest BCUT2D eigenvalue weighted by Crippen LogP contribution is 2.37. The summed E-state index contributed by atoms with van der Waals surface area (Å²) in [5.74, 6) is -0.638. The Morgan fingerprint density at radius 2 is 0.781 bits per heavy atom. The molecule has 0 amide bonds. The summed E-state index contributed by atoms with van der Waals surface area (Å²) >= 11 is 0. The molecule has 7 nitrogen and oxygen atoms in total. The lowest BCUT2D eigenvalue weighted by atomic mass is 9.95. The van der Waals surface area contributed by atoms with Crippen LogP contribution in [0.25, 0.3) is 23.3 Å². The lowest BCUT2D eigenvalue weighted by molar-refractivity contribution is -0.142. The molecule has 0 aliphatic carbocycles. The third-order valence-corrected chi connectivity index (χ3v) is 10.3. The summed E-state index contributed by atoms with van der Waals surface area (Å²) in [5.41, 5.74) is 11.6. The maximum absolute atomic E-state index is 12.0. The summed E-state index contributed by atoms with van der Waals surface area (Å²) in [4.78, 5) is 37.8. The van der Waals surface area contributed by atoms with Crippen molar-refractivity contribution in [1.82, 2.24) is 0 Å².